The van der Waals surface area contributed by atoms with Crippen LogP contribution in [-0.2, 0) is 0 Å². The highest BCUT2D eigenvalue weighted by molar-refractivity contribution is 6.09. The van der Waals surface area contributed by atoms with Gasteiger partial charge in [0, 0.05) is 23.1 Å². The fraction of sp³-hybridized carbons (Fsp3) is 0.250. The molecule has 0 saturated carbocycles. The number of carbonyl (C=O) groups is 1. The number of aromatic amines is 1. The fourth-order valence-corrected chi connectivity index (χ4v) is 3.03. The summed E-state index contributed by atoms with van der Waals surface area (Å²) >= 11 is 0. The number of carbonyl (C=O) groups excluding carboxylic acids is 1. The third-order valence-electron chi connectivity index (χ3n) is 4.30. The molecule has 1 heterocycles. The van der Waals surface area contributed by atoms with Gasteiger partial charge >= 0.3 is 0 Å². The predicted octanol–water partition coefficient (Wildman–Crippen LogP) is 4.76. The van der Waals surface area contributed by atoms with Crippen LogP contribution in [0.25, 0.3) is 10.9 Å². The van der Waals surface area contributed by atoms with Gasteiger partial charge in [-0.1, -0.05) is 23.8 Å². The molecule has 2 aromatic carbocycles. The van der Waals surface area contributed by atoms with Crippen LogP contribution in [0.3, 0.4) is 0 Å². The standard InChI is InChI=1S/C20H22N2O/c1-5-22(16-8-6-7-13(2)11-16)20(23)19-15(4)17-12-14(3)9-10-18(17)21-19/h6-12,21H,5H2,1-4H3. The van der Waals surface area contributed by atoms with Gasteiger partial charge in [0.1, 0.15) is 5.69 Å². The molecule has 0 fully saturated rings. The average Bonchev–Trinajstić information content (AvgIpc) is 2.85. The van der Waals surface area contributed by atoms with Gasteiger partial charge in [-0.25, -0.2) is 0 Å². The molecule has 118 valence electrons. The molecule has 23 heavy (non-hydrogen) atoms. The molecular weight excluding hydrogens is 284 g/mol. The van der Waals surface area contributed by atoms with Crippen LogP contribution < -0.4 is 4.90 Å². The second kappa shape index (κ2) is 5.92. The van der Waals surface area contributed by atoms with Crippen LogP contribution in [0, 0.1) is 20.8 Å². The van der Waals surface area contributed by atoms with Crippen molar-refractivity contribution in [3.63, 3.8) is 0 Å². The van der Waals surface area contributed by atoms with Crippen LogP contribution in [0.1, 0.15) is 34.1 Å². The smallest absolute Gasteiger partial charge is 0.274 e. The molecule has 0 aliphatic rings. The van der Waals surface area contributed by atoms with Gasteiger partial charge in [-0.3, -0.25) is 4.79 Å². The van der Waals surface area contributed by atoms with Gasteiger partial charge in [-0.05, 0) is 63.1 Å². The normalized spacial score (nSPS) is 11.0. The van der Waals surface area contributed by atoms with E-state index in [1.807, 2.05) is 56.0 Å². The molecule has 0 atom stereocenters. The molecule has 0 saturated heterocycles. The van der Waals surface area contributed by atoms with E-state index in [-0.39, 0.29) is 5.91 Å². The summed E-state index contributed by atoms with van der Waals surface area (Å²) < 4.78 is 0. The Morgan fingerprint density at radius 2 is 1.78 bits per heavy atom. The number of aryl methyl sites for hydroxylation is 3. The molecule has 0 aliphatic heterocycles. The lowest BCUT2D eigenvalue weighted by Crippen LogP contribution is -2.31. The Balaban J connectivity index is 2.06. The third kappa shape index (κ3) is 2.74. The van der Waals surface area contributed by atoms with E-state index in [2.05, 4.69) is 24.0 Å². The van der Waals surface area contributed by atoms with Crippen LogP contribution in [0.15, 0.2) is 42.5 Å². The van der Waals surface area contributed by atoms with Gasteiger partial charge in [0.05, 0.1) is 0 Å². The SMILES string of the molecule is CCN(C(=O)c1[nH]c2ccc(C)cc2c1C)c1cccc(C)c1. The highest BCUT2D eigenvalue weighted by atomic mass is 16.2. The zero-order valence-electron chi connectivity index (χ0n) is 14.1. The number of H-pyrrole nitrogens is 1. The number of anilines is 1. The largest absolute Gasteiger partial charge is 0.350 e. The van der Waals surface area contributed by atoms with Crippen molar-refractivity contribution in [2.75, 3.05) is 11.4 Å². The van der Waals surface area contributed by atoms with Crippen molar-refractivity contribution in [1.29, 1.82) is 0 Å². The first-order chi connectivity index (χ1) is 11.0. The average molecular weight is 306 g/mol. The van der Waals surface area contributed by atoms with Crippen molar-refractivity contribution in [2.45, 2.75) is 27.7 Å². The van der Waals surface area contributed by atoms with E-state index in [0.717, 1.165) is 27.7 Å². The van der Waals surface area contributed by atoms with Gasteiger partial charge in [-0.15, -0.1) is 0 Å². The van der Waals surface area contributed by atoms with E-state index in [1.54, 1.807) is 0 Å². The summed E-state index contributed by atoms with van der Waals surface area (Å²) in [7, 11) is 0. The lowest BCUT2D eigenvalue weighted by Gasteiger charge is -2.21. The number of aromatic nitrogens is 1. The molecule has 3 aromatic rings. The molecule has 3 heteroatoms. The van der Waals surface area contributed by atoms with Crippen molar-refractivity contribution in [1.82, 2.24) is 4.98 Å². The minimum atomic E-state index is 0.0180. The second-order valence-electron chi connectivity index (χ2n) is 6.06. The number of hydrogen-bond donors (Lipinski definition) is 1. The number of benzene rings is 2. The van der Waals surface area contributed by atoms with Crippen LogP contribution in [0.5, 0.6) is 0 Å². The Bertz CT molecular complexity index is 876. The first-order valence-electron chi connectivity index (χ1n) is 7.98. The molecule has 0 unspecified atom stereocenters. The maximum atomic E-state index is 13.1. The quantitative estimate of drug-likeness (QED) is 0.744. The van der Waals surface area contributed by atoms with E-state index < -0.39 is 0 Å². The van der Waals surface area contributed by atoms with Gasteiger partial charge < -0.3 is 9.88 Å². The van der Waals surface area contributed by atoms with Crippen molar-refractivity contribution in [3.8, 4) is 0 Å². The van der Waals surface area contributed by atoms with Crippen LogP contribution in [-0.4, -0.2) is 17.4 Å². The minimum Gasteiger partial charge on any atom is -0.350 e. The van der Waals surface area contributed by atoms with Crippen molar-refractivity contribution < 1.29 is 4.79 Å². The molecule has 0 spiro atoms. The second-order valence-corrected chi connectivity index (χ2v) is 6.06. The number of hydrogen-bond acceptors (Lipinski definition) is 1. The number of amides is 1. The van der Waals surface area contributed by atoms with Gasteiger partial charge in [0.15, 0.2) is 0 Å². The monoisotopic (exact) mass is 306 g/mol. The predicted molar refractivity (Wildman–Crippen MR) is 96.3 cm³/mol. The van der Waals surface area contributed by atoms with E-state index in [9.17, 15) is 4.79 Å². The number of rotatable bonds is 3. The van der Waals surface area contributed by atoms with Crippen LogP contribution in [0.2, 0.25) is 0 Å². The summed E-state index contributed by atoms with van der Waals surface area (Å²) in [6.45, 7) is 8.76. The number of fused-ring (bicyclic) bond motifs is 1. The van der Waals surface area contributed by atoms with Crippen LogP contribution >= 0.6 is 0 Å². The number of nitrogens with one attached hydrogen (secondary N) is 1. The Hall–Kier alpha value is -2.55. The van der Waals surface area contributed by atoms with Gasteiger partial charge in [0.2, 0.25) is 0 Å². The van der Waals surface area contributed by atoms with Crippen molar-refractivity contribution in [2.24, 2.45) is 0 Å². The maximum Gasteiger partial charge on any atom is 0.274 e. The summed E-state index contributed by atoms with van der Waals surface area (Å²) in [5.41, 5.74) is 5.99. The van der Waals surface area contributed by atoms with E-state index in [4.69, 9.17) is 0 Å². The van der Waals surface area contributed by atoms with Crippen molar-refractivity contribution in [3.05, 3.63) is 64.8 Å². The van der Waals surface area contributed by atoms with E-state index >= 15 is 0 Å². The molecule has 0 aliphatic carbocycles. The molecule has 1 amide bonds. The Labute approximate surface area is 136 Å². The lowest BCUT2D eigenvalue weighted by molar-refractivity contribution is 0.0984. The van der Waals surface area contributed by atoms with Gasteiger partial charge in [-0.2, -0.15) is 0 Å². The topological polar surface area (TPSA) is 36.1 Å². The van der Waals surface area contributed by atoms with Crippen LogP contribution in [0.4, 0.5) is 5.69 Å². The van der Waals surface area contributed by atoms with Crippen molar-refractivity contribution >= 4 is 22.5 Å². The molecular formula is C20H22N2O. The molecule has 3 nitrogen and oxygen atoms in total. The summed E-state index contributed by atoms with van der Waals surface area (Å²) in [4.78, 5) is 18.2. The third-order valence-corrected chi connectivity index (χ3v) is 4.30. The first-order valence-corrected chi connectivity index (χ1v) is 7.98. The zero-order chi connectivity index (χ0) is 16.6. The number of nitrogens with zero attached hydrogens (tertiary/aromatic N) is 1. The molecule has 1 aromatic heterocycles. The van der Waals surface area contributed by atoms with E-state index in [0.29, 0.717) is 12.2 Å². The highest BCUT2D eigenvalue weighted by Crippen LogP contribution is 2.26. The Morgan fingerprint density at radius 3 is 2.48 bits per heavy atom. The Kier molecular flexibility index (Phi) is 3.95. The summed E-state index contributed by atoms with van der Waals surface area (Å²) in [5.74, 6) is 0.0180. The summed E-state index contributed by atoms with van der Waals surface area (Å²) in [6.07, 6.45) is 0. The summed E-state index contributed by atoms with van der Waals surface area (Å²) in [6, 6.07) is 14.3. The van der Waals surface area contributed by atoms with E-state index in [1.165, 1.54) is 5.56 Å². The summed E-state index contributed by atoms with van der Waals surface area (Å²) in [5, 5.41) is 1.12. The molecule has 1 N–H and O–H groups in total. The molecule has 0 bridgehead atoms. The zero-order valence-corrected chi connectivity index (χ0v) is 14.1. The van der Waals surface area contributed by atoms with Gasteiger partial charge in [0.25, 0.3) is 5.91 Å². The fourth-order valence-electron chi connectivity index (χ4n) is 3.03. The first kappa shape index (κ1) is 15.3. The Morgan fingerprint density at radius 1 is 1.04 bits per heavy atom. The lowest BCUT2D eigenvalue weighted by atomic mass is 10.1. The highest BCUT2D eigenvalue weighted by Gasteiger charge is 2.21. The minimum absolute atomic E-state index is 0.0180. The molecule has 0 radical (unpaired) electrons. The molecule has 3 rings (SSSR count). The maximum absolute atomic E-state index is 13.1.